The van der Waals surface area contributed by atoms with Crippen LogP contribution in [0.3, 0.4) is 0 Å². The topological polar surface area (TPSA) is 71.6 Å². The van der Waals surface area contributed by atoms with E-state index in [-0.39, 0.29) is 5.56 Å². The van der Waals surface area contributed by atoms with Gasteiger partial charge in [-0.25, -0.2) is 0 Å². The first-order valence-corrected chi connectivity index (χ1v) is 5.58. The molecule has 18 heavy (non-hydrogen) atoms. The molecule has 0 saturated heterocycles. The molecule has 0 N–H and O–H groups in total. The van der Waals surface area contributed by atoms with E-state index in [0.29, 0.717) is 11.6 Å². The van der Waals surface area contributed by atoms with E-state index >= 15 is 0 Å². The highest BCUT2D eigenvalue weighted by Crippen LogP contribution is 2.12. The molecular formula is C13H12N4O. The third kappa shape index (κ3) is 2.13. The lowest BCUT2D eigenvalue weighted by Gasteiger charge is -2.07. The van der Waals surface area contributed by atoms with E-state index in [4.69, 9.17) is 5.26 Å². The van der Waals surface area contributed by atoms with Crippen molar-refractivity contribution >= 4 is 0 Å². The first-order valence-electron chi connectivity index (χ1n) is 5.58. The van der Waals surface area contributed by atoms with Gasteiger partial charge in [0, 0.05) is 11.9 Å². The highest BCUT2D eigenvalue weighted by Gasteiger charge is 2.07. The number of rotatable bonds is 2. The first-order chi connectivity index (χ1) is 8.63. The normalized spacial score (nSPS) is 10.3. The van der Waals surface area contributed by atoms with Crippen molar-refractivity contribution in [1.29, 1.82) is 5.26 Å². The summed E-state index contributed by atoms with van der Waals surface area (Å²) >= 11 is 0. The third-order valence-corrected chi connectivity index (χ3v) is 2.57. The van der Waals surface area contributed by atoms with E-state index in [9.17, 15) is 4.79 Å². The van der Waals surface area contributed by atoms with Crippen molar-refractivity contribution in [2.45, 2.75) is 19.8 Å². The molecule has 0 radical (unpaired) electrons. The average molecular weight is 240 g/mol. The monoisotopic (exact) mass is 240 g/mol. The number of nitriles is 1. The average Bonchev–Trinajstić information content (AvgIpc) is 2.39. The lowest BCUT2D eigenvalue weighted by atomic mass is 10.1. The fraction of sp³-hybridized carbons (Fsp3) is 0.231. The van der Waals surface area contributed by atoms with Crippen LogP contribution in [0, 0.1) is 11.3 Å². The maximum Gasteiger partial charge on any atom is 0.289 e. The standard InChI is InChI=1S/C13H12N4O/c1-9(2)12-4-3-11(8-15-12)17-13(18)10(7-14)5-6-16-17/h3-6,8-9H,1-2H3. The Morgan fingerprint density at radius 1 is 1.33 bits per heavy atom. The van der Waals surface area contributed by atoms with Crippen LogP contribution in [0.2, 0.25) is 0 Å². The smallest absolute Gasteiger partial charge is 0.266 e. The predicted molar refractivity (Wildman–Crippen MR) is 66.4 cm³/mol. The van der Waals surface area contributed by atoms with Crippen LogP contribution in [0.1, 0.15) is 31.0 Å². The molecule has 2 aromatic rings. The minimum Gasteiger partial charge on any atom is -0.266 e. The molecule has 2 rings (SSSR count). The van der Waals surface area contributed by atoms with Crippen LogP contribution < -0.4 is 5.56 Å². The van der Waals surface area contributed by atoms with Gasteiger partial charge in [0.2, 0.25) is 0 Å². The highest BCUT2D eigenvalue weighted by molar-refractivity contribution is 5.32. The Morgan fingerprint density at radius 2 is 2.11 bits per heavy atom. The van der Waals surface area contributed by atoms with Crippen LogP contribution in [0.4, 0.5) is 0 Å². The zero-order chi connectivity index (χ0) is 13.1. The lowest BCUT2D eigenvalue weighted by molar-refractivity contribution is 0.782. The van der Waals surface area contributed by atoms with Gasteiger partial charge in [-0.1, -0.05) is 13.8 Å². The van der Waals surface area contributed by atoms with E-state index in [0.717, 1.165) is 5.69 Å². The molecule has 0 atom stereocenters. The summed E-state index contributed by atoms with van der Waals surface area (Å²) in [6, 6.07) is 6.87. The van der Waals surface area contributed by atoms with Gasteiger partial charge >= 0.3 is 0 Å². The number of nitrogens with zero attached hydrogens (tertiary/aromatic N) is 4. The fourth-order valence-corrected chi connectivity index (χ4v) is 1.55. The molecule has 5 heteroatoms. The van der Waals surface area contributed by atoms with Crippen molar-refractivity contribution in [3.8, 4) is 11.8 Å². The van der Waals surface area contributed by atoms with Gasteiger partial charge in [0.05, 0.1) is 11.9 Å². The lowest BCUT2D eigenvalue weighted by Crippen LogP contribution is -2.23. The van der Waals surface area contributed by atoms with Crippen molar-refractivity contribution in [2.75, 3.05) is 0 Å². The van der Waals surface area contributed by atoms with Crippen LogP contribution >= 0.6 is 0 Å². The van der Waals surface area contributed by atoms with E-state index in [1.54, 1.807) is 12.3 Å². The molecule has 0 aliphatic heterocycles. The molecule has 90 valence electrons. The van der Waals surface area contributed by atoms with Crippen molar-refractivity contribution in [3.05, 3.63) is 52.2 Å². The predicted octanol–water partition coefficient (Wildman–Crippen LogP) is 1.62. The Kier molecular flexibility index (Phi) is 3.20. The maximum atomic E-state index is 11.9. The molecule has 5 nitrogen and oxygen atoms in total. The van der Waals surface area contributed by atoms with Gasteiger partial charge in [0.15, 0.2) is 0 Å². The number of pyridine rings is 1. The highest BCUT2D eigenvalue weighted by atomic mass is 16.1. The van der Waals surface area contributed by atoms with Gasteiger partial charge in [-0.05, 0) is 24.1 Å². The molecule has 0 unspecified atom stereocenters. The van der Waals surface area contributed by atoms with Crippen molar-refractivity contribution in [3.63, 3.8) is 0 Å². The zero-order valence-electron chi connectivity index (χ0n) is 10.2. The Hall–Kier alpha value is -2.48. The van der Waals surface area contributed by atoms with Crippen LogP contribution in [0.5, 0.6) is 0 Å². The molecule has 0 spiro atoms. The van der Waals surface area contributed by atoms with E-state index in [1.165, 1.54) is 16.9 Å². The molecule has 0 saturated carbocycles. The summed E-state index contributed by atoms with van der Waals surface area (Å²) in [7, 11) is 0. The van der Waals surface area contributed by atoms with Crippen LogP contribution in [-0.2, 0) is 0 Å². The minimum absolute atomic E-state index is 0.0675. The van der Waals surface area contributed by atoms with Crippen molar-refractivity contribution in [2.24, 2.45) is 0 Å². The zero-order valence-corrected chi connectivity index (χ0v) is 10.2. The van der Waals surface area contributed by atoms with Gasteiger partial charge in [-0.3, -0.25) is 9.78 Å². The Morgan fingerprint density at radius 3 is 2.67 bits per heavy atom. The van der Waals surface area contributed by atoms with Crippen molar-refractivity contribution in [1.82, 2.24) is 14.8 Å². The van der Waals surface area contributed by atoms with Crippen molar-refractivity contribution < 1.29 is 0 Å². The Bertz CT molecular complexity index is 650. The van der Waals surface area contributed by atoms with E-state index in [1.807, 2.05) is 26.0 Å². The summed E-state index contributed by atoms with van der Waals surface area (Å²) in [5.41, 5.74) is 1.14. The minimum atomic E-state index is -0.431. The Balaban J connectivity index is 2.50. The molecule has 0 aliphatic carbocycles. The Labute approximate surface area is 104 Å². The van der Waals surface area contributed by atoms with Gasteiger partial charge in [0.1, 0.15) is 11.6 Å². The van der Waals surface area contributed by atoms with Gasteiger partial charge in [-0.2, -0.15) is 15.0 Å². The summed E-state index contributed by atoms with van der Waals surface area (Å²) in [6.07, 6.45) is 3.02. The molecule has 2 heterocycles. The van der Waals surface area contributed by atoms with Gasteiger partial charge in [-0.15, -0.1) is 0 Å². The van der Waals surface area contributed by atoms with Gasteiger partial charge in [0.25, 0.3) is 5.56 Å². The van der Waals surface area contributed by atoms with Crippen LogP contribution in [0.25, 0.3) is 5.69 Å². The summed E-state index contributed by atoms with van der Waals surface area (Å²) in [5.74, 6) is 0.328. The molecule has 0 amide bonds. The van der Waals surface area contributed by atoms with Gasteiger partial charge < -0.3 is 0 Å². The van der Waals surface area contributed by atoms with Crippen LogP contribution in [0.15, 0.2) is 35.4 Å². The number of aromatic nitrogens is 3. The molecule has 0 aliphatic rings. The fourth-order valence-electron chi connectivity index (χ4n) is 1.55. The third-order valence-electron chi connectivity index (χ3n) is 2.57. The summed E-state index contributed by atoms with van der Waals surface area (Å²) in [6.45, 7) is 4.09. The number of hydrogen-bond acceptors (Lipinski definition) is 4. The second-order valence-corrected chi connectivity index (χ2v) is 4.17. The molecular weight excluding hydrogens is 228 g/mol. The second-order valence-electron chi connectivity index (χ2n) is 4.17. The summed E-state index contributed by atoms with van der Waals surface area (Å²) < 4.78 is 1.18. The largest absolute Gasteiger partial charge is 0.289 e. The molecule has 2 aromatic heterocycles. The SMILES string of the molecule is CC(C)c1ccc(-n2nccc(C#N)c2=O)cn1. The first kappa shape index (κ1) is 12.0. The molecule has 0 fully saturated rings. The summed E-state index contributed by atoms with van der Waals surface area (Å²) in [4.78, 5) is 16.1. The van der Waals surface area contributed by atoms with Crippen LogP contribution in [-0.4, -0.2) is 14.8 Å². The van der Waals surface area contributed by atoms with E-state index < -0.39 is 5.56 Å². The summed E-state index contributed by atoms with van der Waals surface area (Å²) in [5, 5.41) is 12.7. The molecule has 0 aromatic carbocycles. The maximum absolute atomic E-state index is 11.9. The number of hydrogen-bond donors (Lipinski definition) is 0. The molecule has 0 bridgehead atoms. The quantitative estimate of drug-likeness (QED) is 0.799. The van der Waals surface area contributed by atoms with E-state index in [2.05, 4.69) is 10.1 Å². The second kappa shape index (κ2) is 4.80.